The van der Waals surface area contributed by atoms with Gasteiger partial charge in [-0.15, -0.1) is 16.4 Å². The molecule has 0 bridgehead atoms. The highest BCUT2D eigenvalue weighted by atomic mass is 32.1. The van der Waals surface area contributed by atoms with E-state index >= 15 is 0 Å². The van der Waals surface area contributed by atoms with Crippen LogP contribution in [0.5, 0.6) is 0 Å². The number of hydrogen-bond acceptors (Lipinski definition) is 7. The monoisotopic (exact) mass is 353 g/mol. The Hall–Kier alpha value is -2.74. The highest BCUT2D eigenvalue weighted by molar-refractivity contribution is 7.07. The number of nitrogens with zero attached hydrogens (tertiary/aromatic N) is 5. The molecule has 0 unspecified atom stereocenters. The van der Waals surface area contributed by atoms with Crippen molar-refractivity contribution in [3.05, 3.63) is 35.4 Å². The second kappa shape index (κ2) is 5.96. The van der Waals surface area contributed by atoms with Gasteiger partial charge in [0.1, 0.15) is 5.69 Å². The molecule has 4 aromatic heterocycles. The van der Waals surface area contributed by atoms with Crippen molar-refractivity contribution < 1.29 is 8.94 Å². The van der Waals surface area contributed by atoms with Crippen molar-refractivity contribution in [3.63, 3.8) is 0 Å². The minimum atomic E-state index is 0.346. The molecule has 0 N–H and O–H groups in total. The second-order valence-electron chi connectivity index (χ2n) is 6.07. The van der Waals surface area contributed by atoms with Gasteiger partial charge in [0.05, 0.1) is 17.8 Å². The first-order chi connectivity index (χ1) is 12.4. The van der Waals surface area contributed by atoms with E-state index in [2.05, 4.69) is 10.1 Å². The molecule has 1 aliphatic rings. The Bertz CT molecular complexity index is 965. The third-order valence-corrected chi connectivity index (χ3v) is 5.05. The zero-order valence-corrected chi connectivity index (χ0v) is 14.1. The van der Waals surface area contributed by atoms with Crippen molar-refractivity contribution in [2.24, 2.45) is 0 Å². The Labute approximate surface area is 147 Å². The van der Waals surface area contributed by atoms with Gasteiger partial charge in [-0.2, -0.15) is 0 Å². The second-order valence-corrected chi connectivity index (χ2v) is 6.79. The van der Waals surface area contributed by atoms with E-state index in [9.17, 15) is 0 Å². The first-order valence-corrected chi connectivity index (χ1v) is 9.19. The molecule has 5 rings (SSSR count). The van der Waals surface area contributed by atoms with E-state index in [0.29, 0.717) is 29.1 Å². The molecule has 7 nitrogen and oxygen atoms in total. The van der Waals surface area contributed by atoms with Crippen LogP contribution >= 0.6 is 11.3 Å². The number of rotatable bonds is 4. The zero-order chi connectivity index (χ0) is 16.6. The summed E-state index contributed by atoms with van der Waals surface area (Å²) in [4.78, 5) is 9.03. The molecular formula is C17H15N5O2S. The lowest BCUT2D eigenvalue weighted by Gasteiger charge is -2.10. The molecule has 1 aliphatic carbocycles. The van der Waals surface area contributed by atoms with Crippen LogP contribution in [0.25, 0.3) is 34.6 Å². The number of thiazole rings is 1. The van der Waals surface area contributed by atoms with Crippen LogP contribution in [0.2, 0.25) is 0 Å². The topological polar surface area (TPSA) is 82.8 Å². The van der Waals surface area contributed by atoms with Gasteiger partial charge < -0.3 is 8.94 Å². The summed E-state index contributed by atoms with van der Waals surface area (Å²) in [7, 11) is 0. The third-order valence-electron chi connectivity index (χ3n) is 4.47. The number of hydrogen-bond donors (Lipinski definition) is 0. The summed E-state index contributed by atoms with van der Waals surface area (Å²) < 4.78 is 12.8. The lowest BCUT2D eigenvalue weighted by molar-refractivity contribution is 0.417. The molecule has 1 saturated carbocycles. The van der Waals surface area contributed by atoms with Crippen molar-refractivity contribution in [1.82, 2.24) is 24.9 Å². The van der Waals surface area contributed by atoms with Gasteiger partial charge in [-0.25, -0.2) is 14.6 Å². The molecule has 0 atom stereocenters. The SMILES string of the molecule is c1coc(-c2cc(-c3nc(-c4cscn4)nn3C3CCCC3)no2)c1. The summed E-state index contributed by atoms with van der Waals surface area (Å²) in [6.45, 7) is 0. The van der Waals surface area contributed by atoms with Crippen LogP contribution in [0.3, 0.4) is 0 Å². The highest BCUT2D eigenvalue weighted by Crippen LogP contribution is 2.34. The van der Waals surface area contributed by atoms with E-state index in [1.54, 1.807) is 11.8 Å². The van der Waals surface area contributed by atoms with Gasteiger partial charge >= 0.3 is 0 Å². The van der Waals surface area contributed by atoms with Gasteiger partial charge in [-0.05, 0) is 25.0 Å². The van der Waals surface area contributed by atoms with Crippen LogP contribution in [-0.4, -0.2) is 24.9 Å². The van der Waals surface area contributed by atoms with Crippen LogP contribution in [0.15, 0.2) is 44.3 Å². The fraction of sp³-hybridized carbons (Fsp3) is 0.294. The minimum Gasteiger partial charge on any atom is -0.461 e. The third kappa shape index (κ3) is 2.58. The first kappa shape index (κ1) is 14.6. The normalized spacial score (nSPS) is 15.2. The summed E-state index contributed by atoms with van der Waals surface area (Å²) in [6, 6.07) is 5.85. The number of aromatic nitrogens is 5. The molecule has 8 heteroatoms. The zero-order valence-electron chi connectivity index (χ0n) is 13.3. The summed E-state index contributed by atoms with van der Waals surface area (Å²) in [5, 5.41) is 10.9. The maximum atomic E-state index is 5.44. The lowest BCUT2D eigenvalue weighted by atomic mass is 10.2. The molecule has 126 valence electrons. The average molecular weight is 353 g/mol. The predicted molar refractivity (Wildman–Crippen MR) is 91.8 cm³/mol. The molecule has 0 spiro atoms. The van der Waals surface area contributed by atoms with Crippen molar-refractivity contribution >= 4 is 11.3 Å². The van der Waals surface area contributed by atoms with Crippen molar-refractivity contribution in [1.29, 1.82) is 0 Å². The van der Waals surface area contributed by atoms with Gasteiger partial charge in [0.2, 0.25) is 11.6 Å². The van der Waals surface area contributed by atoms with Crippen LogP contribution in [0.4, 0.5) is 0 Å². The molecule has 0 radical (unpaired) electrons. The molecular weight excluding hydrogens is 338 g/mol. The van der Waals surface area contributed by atoms with Crippen molar-refractivity contribution in [2.45, 2.75) is 31.7 Å². The van der Waals surface area contributed by atoms with E-state index in [1.807, 2.05) is 28.3 Å². The Morgan fingerprint density at radius 1 is 1.16 bits per heavy atom. The van der Waals surface area contributed by atoms with Gasteiger partial charge in [-0.1, -0.05) is 18.0 Å². The minimum absolute atomic E-state index is 0.346. The van der Waals surface area contributed by atoms with Gasteiger partial charge in [0.25, 0.3) is 0 Å². The molecule has 4 aromatic rings. The molecule has 4 heterocycles. The first-order valence-electron chi connectivity index (χ1n) is 8.24. The summed E-state index contributed by atoms with van der Waals surface area (Å²) >= 11 is 1.53. The average Bonchev–Trinajstić information content (AvgIpc) is 3.48. The smallest absolute Gasteiger partial charge is 0.202 e. The van der Waals surface area contributed by atoms with E-state index < -0.39 is 0 Å². The largest absolute Gasteiger partial charge is 0.461 e. The fourth-order valence-electron chi connectivity index (χ4n) is 3.25. The Morgan fingerprint density at radius 2 is 2.08 bits per heavy atom. The van der Waals surface area contributed by atoms with Crippen molar-refractivity contribution in [3.8, 4) is 34.6 Å². The van der Waals surface area contributed by atoms with E-state index in [4.69, 9.17) is 19.0 Å². The van der Waals surface area contributed by atoms with Gasteiger partial charge in [0.15, 0.2) is 17.3 Å². The highest BCUT2D eigenvalue weighted by Gasteiger charge is 2.26. The number of furan rings is 1. The van der Waals surface area contributed by atoms with E-state index in [-0.39, 0.29) is 0 Å². The quantitative estimate of drug-likeness (QED) is 0.540. The van der Waals surface area contributed by atoms with Crippen molar-refractivity contribution in [2.75, 3.05) is 0 Å². The summed E-state index contributed by atoms with van der Waals surface area (Å²) in [6.07, 6.45) is 6.25. The van der Waals surface area contributed by atoms with E-state index in [0.717, 1.165) is 24.4 Å². The summed E-state index contributed by atoms with van der Waals surface area (Å²) in [5.74, 6) is 2.57. The molecule has 0 saturated heterocycles. The van der Waals surface area contributed by atoms with Crippen LogP contribution < -0.4 is 0 Å². The van der Waals surface area contributed by atoms with Crippen LogP contribution in [0, 0.1) is 0 Å². The lowest BCUT2D eigenvalue weighted by Crippen LogP contribution is -2.08. The molecule has 0 aliphatic heterocycles. The fourth-order valence-corrected chi connectivity index (χ4v) is 3.78. The van der Waals surface area contributed by atoms with Gasteiger partial charge in [0, 0.05) is 11.4 Å². The standard InChI is InChI=1S/C17H15N5O2S/c1-2-5-11(4-1)22-17(19-16(20-22)13-9-25-10-18-13)12-8-15(24-21-12)14-6-3-7-23-14/h3,6-11H,1-2,4-5H2. The van der Waals surface area contributed by atoms with Crippen LogP contribution in [0.1, 0.15) is 31.7 Å². The maximum Gasteiger partial charge on any atom is 0.202 e. The Balaban J connectivity index is 1.59. The van der Waals surface area contributed by atoms with E-state index in [1.165, 1.54) is 24.2 Å². The Kier molecular flexibility index (Phi) is 3.48. The van der Waals surface area contributed by atoms with Crippen LogP contribution in [-0.2, 0) is 0 Å². The predicted octanol–water partition coefficient (Wildman–Crippen LogP) is 4.43. The maximum absolute atomic E-state index is 5.44. The molecule has 0 aromatic carbocycles. The molecule has 0 amide bonds. The summed E-state index contributed by atoms with van der Waals surface area (Å²) in [5.41, 5.74) is 3.24. The van der Waals surface area contributed by atoms with Gasteiger partial charge in [-0.3, -0.25) is 0 Å². The molecule has 1 fully saturated rings. The Morgan fingerprint density at radius 3 is 2.84 bits per heavy atom. The molecule has 25 heavy (non-hydrogen) atoms.